The first kappa shape index (κ1) is 15.3. The van der Waals surface area contributed by atoms with Gasteiger partial charge in [-0.2, -0.15) is 13.9 Å². The quantitative estimate of drug-likeness (QED) is 0.883. The highest BCUT2D eigenvalue weighted by molar-refractivity contribution is 5.92. The van der Waals surface area contributed by atoms with E-state index in [0.29, 0.717) is 24.5 Å². The maximum Gasteiger partial charge on any atom is 0.387 e. The average molecular weight is 322 g/mol. The predicted molar refractivity (Wildman–Crippen MR) is 79.7 cm³/mol. The summed E-state index contributed by atoms with van der Waals surface area (Å²) in [6, 6.07) is 8.19. The van der Waals surface area contributed by atoms with Gasteiger partial charge in [0, 0.05) is 25.3 Å². The van der Waals surface area contributed by atoms with Gasteiger partial charge in [-0.25, -0.2) is 0 Å². The molecule has 1 fully saturated rings. The second-order valence-electron chi connectivity index (χ2n) is 5.22. The van der Waals surface area contributed by atoms with Crippen LogP contribution in [0, 0.1) is 0 Å². The monoisotopic (exact) mass is 322 g/mol. The standard InChI is InChI=1S/C15H16F2N4O2/c16-15(17)23-13-4-2-1-3-12(13)21-8-6-10(9-21)19-14(22)11-5-7-18-20-11/h1-5,7,10,15H,6,8-9H2,(H,18,20)(H,19,22). The summed E-state index contributed by atoms with van der Waals surface area (Å²) in [6.45, 7) is -1.68. The van der Waals surface area contributed by atoms with Crippen LogP contribution in [-0.4, -0.2) is 41.8 Å². The number of hydrogen-bond donors (Lipinski definition) is 2. The molecule has 2 heterocycles. The number of ether oxygens (including phenoxy) is 1. The van der Waals surface area contributed by atoms with Crippen molar-refractivity contribution < 1.29 is 18.3 Å². The fourth-order valence-corrected chi connectivity index (χ4v) is 2.66. The van der Waals surface area contributed by atoms with Gasteiger partial charge in [0.2, 0.25) is 0 Å². The Morgan fingerprint density at radius 1 is 1.39 bits per heavy atom. The number of carbonyl (C=O) groups is 1. The van der Waals surface area contributed by atoms with Crippen LogP contribution in [-0.2, 0) is 0 Å². The number of halogens is 2. The zero-order chi connectivity index (χ0) is 16.2. The van der Waals surface area contributed by atoms with Gasteiger partial charge in [0.15, 0.2) is 0 Å². The Balaban J connectivity index is 1.65. The smallest absolute Gasteiger partial charge is 0.387 e. The third kappa shape index (κ3) is 3.58. The van der Waals surface area contributed by atoms with E-state index >= 15 is 0 Å². The molecule has 1 saturated heterocycles. The Morgan fingerprint density at radius 3 is 2.96 bits per heavy atom. The molecule has 8 heteroatoms. The first-order chi connectivity index (χ1) is 11.1. The van der Waals surface area contributed by atoms with E-state index < -0.39 is 6.61 Å². The lowest BCUT2D eigenvalue weighted by molar-refractivity contribution is -0.0495. The van der Waals surface area contributed by atoms with Crippen LogP contribution >= 0.6 is 0 Å². The summed E-state index contributed by atoms with van der Waals surface area (Å²) in [4.78, 5) is 13.9. The Kier molecular flexibility index (Phi) is 4.40. The minimum atomic E-state index is -2.87. The Bertz CT molecular complexity index is 663. The number of nitrogens with one attached hydrogen (secondary N) is 2. The number of alkyl halides is 2. The molecule has 2 aromatic rings. The van der Waals surface area contributed by atoms with Gasteiger partial charge in [-0.1, -0.05) is 12.1 Å². The van der Waals surface area contributed by atoms with E-state index in [2.05, 4.69) is 20.3 Å². The van der Waals surface area contributed by atoms with Gasteiger partial charge in [0.05, 0.1) is 5.69 Å². The maximum absolute atomic E-state index is 12.5. The number of amides is 1. The third-order valence-electron chi connectivity index (χ3n) is 3.69. The summed E-state index contributed by atoms with van der Waals surface area (Å²) >= 11 is 0. The van der Waals surface area contributed by atoms with Crippen molar-refractivity contribution in [3.63, 3.8) is 0 Å². The molecule has 1 unspecified atom stereocenters. The molecular formula is C15H16F2N4O2. The molecule has 122 valence electrons. The van der Waals surface area contributed by atoms with Gasteiger partial charge in [-0.15, -0.1) is 0 Å². The topological polar surface area (TPSA) is 70.2 Å². The molecule has 1 amide bonds. The number of carbonyl (C=O) groups excluding carboxylic acids is 1. The summed E-state index contributed by atoms with van der Waals surface area (Å²) in [5.74, 6) is -0.0884. The number of hydrogen-bond acceptors (Lipinski definition) is 4. The molecule has 6 nitrogen and oxygen atoms in total. The zero-order valence-electron chi connectivity index (χ0n) is 12.2. The second-order valence-corrected chi connectivity index (χ2v) is 5.22. The SMILES string of the molecule is O=C(NC1CCN(c2ccccc2OC(F)F)C1)c1ccn[nH]1. The van der Waals surface area contributed by atoms with Crippen LogP contribution in [0.5, 0.6) is 5.75 Å². The molecule has 0 aliphatic carbocycles. The van der Waals surface area contributed by atoms with Crippen molar-refractivity contribution in [1.29, 1.82) is 0 Å². The van der Waals surface area contributed by atoms with Crippen LogP contribution in [0.4, 0.5) is 14.5 Å². The number of para-hydroxylation sites is 2. The van der Waals surface area contributed by atoms with Crippen molar-refractivity contribution in [3.05, 3.63) is 42.2 Å². The van der Waals surface area contributed by atoms with Crippen molar-refractivity contribution >= 4 is 11.6 Å². The molecule has 1 aromatic heterocycles. The molecule has 1 aromatic carbocycles. The van der Waals surface area contributed by atoms with Gasteiger partial charge >= 0.3 is 6.61 Å². The molecule has 2 N–H and O–H groups in total. The van der Waals surface area contributed by atoms with Crippen molar-refractivity contribution in [1.82, 2.24) is 15.5 Å². The fourth-order valence-electron chi connectivity index (χ4n) is 2.66. The van der Waals surface area contributed by atoms with Crippen LogP contribution in [0.15, 0.2) is 36.5 Å². The van der Waals surface area contributed by atoms with Crippen LogP contribution in [0.3, 0.4) is 0 Å². The number of benzene rings is 1. The van der Waals surface area contributed by atoms with Crippen LogP contribution in [0.2, 0.25) is 0 Å². The number of H-pyrrole nitrogens is 1. The highest BCUT2D eigenvalue weighted by atomic mass is 19.3. The predicted octanol–water partition coefficient (Wildman–Crippen LogP) is 2.02. The van der Waals surface area contributed by atoms with Gasteiger partial charge in [0.1, 0.15) is 11.4 Å². The number of aromatic nitrogens is 2. The Labute approximate surface area is 131 Å². The van der Waals surface area contributed by atoms with E-state index in [9.17, 15) is 13.6 Å². The Morgan fingerprint density at radius 2 is 2.22 bits per heavy atom. The second kappa shape index (κ2) is 6.64. The number of nitrogens with zero attached hydrogens (tertiary/aromatic N) is 2. The fraction of sp³-hybridized carbons (Fsp3) is 0.333. The summed E-state index contributed by atoms with van der Waals surface area (Å²) in [5.41, 5.74) is 0.996. The van der Waals surface area contributed by atoms with E-state index in [1.165, 1.54) is 12.3 Å². The van der Waals surface area contributed by atoms with Crippen LogP contribution in [0.1, 0.15) is 16.9 Å². The van der Waals surface area contributed by atoms with E-state index in [1.54, 1.807) is 24.3 Å². The summed E-state index contributed by atoms with van der Waals surface area (Å²) in [5, 5.41) is 9.24. The number of aromatic amines is 1. The van der Waals surface area contributed by atoms with Gasteiger partial charge < -0.3 is 15.0 Å². The molecule has 1 aliphatic heterocycles. The Hall–Kier alpha value is -2.64. The highest BCUT2D eigenvalue weighted by Crippen LogP contribution is 2.31. The van der Waals surface area contributed by atoms with E-state index in [4.69, 9.17) is 0 Å². The van der Waals surface area contributed by atoms with E-state index in [-0.39, 0.29) is 17.7 Å². The lowest BCUT2D eigenvalue weighted by Crippen LogP contribution is -2.37. The summed E-state index contributed by atoms with van der Waals surface area (Å²) < 4.78 is 29.5. The van der Waals surface area contributed by atoms with Gasteiger partial charge in [-0.3, -0.25) is 9.89 Å². The van der Waals surface area contributed by atoms with Gasteiger partial charge in [-0.05, 0) is 24.6 Å². The first-order valence-corrected chi connectivity index (χ1v) is 7.22. The molecule has 0 saturated carbocycles. The molecule has 1 aliphatic rings. The summed E-state index contributed by atoms with van der Waals surface area (Å²) in [6.07, 6.45) is 2.23. The maximum atomic E-state index is 12.5. The van der Waals surface area contributed by atoms with Crippen molar-refractivity contribution in [2.75, 3.05) is 18.0 Å². The minimum Gasteiger partial charge on any atom is -0.433 e. The number of rotatable bonds is 5. The molecule has 0 spiro atoms. The van der Waals surface area contributed by atoms with Crippen LogP contribution < -0.4 is 15.0 Å². The summed E-state index contributed by atoms with van der Waals surface area (Å²) in [7, 11) is 0. The molecule has 1 atom stereocenters. The normalized spacial score (nSPS) is 17.5. The molecule has 0 radical (unpaired) electrons. The third-order valence-corrected chi connectivity index (χ3v) is 3.69. The van der Waals surface area contributed by atoms with Crippen LogP contribution in [0.25, 0.3) is 0 Å². The molecule has 0 bridgehead atoms. The molecule has 23 heavy (non-hydrogen) atoms. The molecular weight excluding hydrogens is 306 g/mol. The van der Waals surface area contributed by atoms with E-state index in [0.717, 1.165) is 6.42 Å². The van der Waals surface area contributed by atoms with E-state index in [1.807, 2.05) is 4.90 Å². The van der Waals surface area contributed by atoms with Gasteiger partial charge in [0.25, 0.3) is 5.91 Å². The highest BCUT2D eigenvalue weighted by Gasteiger charge is 2.26. The lowest BCUT2D eigenvalue weighted by atomic mass is 10.2. The zero-order valence-corrected chi connectivity index (χ0v) is 12.2. The van der Waals surface area contributed by atoms with Crippen molar-refractivity contribution in [2.24, 2.45) is 0 Å². The lowest BCUT2D eigenvalue weighted by Gasteiger charge is -2.21. The number of anilines is 1. The average Bonchev–Trinajstić information content (AvgIpc) is 3.18. The molecule has 3 rings (SSSR count). The minimum absolute atomic E-state index is 0.0644. The first-order valence-electron chi connectivity index (χ1n) is 7.22. The van der Waals surface area contributed by atoms with Crippen molar-refractivity contribution in [3.8, 4) is 5.75 Å². The van der Waals surface area contributed by atoms with Crippen molar-refractivity contribution in [2.45, 2.75) is 19.1 Å². The largest absolute Gasteiger partial charge is 0.433 e.